The normalized spacial score (nSPS) is 43.2. The molecule has 0 aromatic carbocycles. The number of nitrogens with zero attached hydrogens (tertiary/aromatic N) is 3. The molecule has 0 aliphatic heterocycles. The van der Waals surface area contributed by atoms with Gasteiger partial charge in [-0.15, -0.1) is 0 Å². The van der Waals surface area contributed by atoms with Gasteiger partial charge in [-0.3, -0.25) is 0 Å². The minimum absolute atomic E-state index is 0.0146. The van der Waals surface area contributed by atoms with Crippen LogP contribution in [0.2, 0.25) is 0 Å². The van der Waals surface area contributed by atoms with Gasteiger partial charge in [-0.05, 0) is 73.7 Å². The first-order valence-corrected chi connectivity index (χ1v) is 12.1. The molecule has 0 amide bonds. The standard InChI is InChI=1S/C25H37N3O3/c1-24-8-6-18(29)14-17(24)15-21(27-31-13-3-11-28-12-10-26-16-28)23-19-4-5-22(30)25(19,2)9-7-20(23)24/h10,12,15-16,18-20,22-23,29-30H,3-9,11,13-14H2,1-2H3/t18?,19-,20+,22?,23-,24-,25-/m0/s1. The molecule has 0 saturated heterocycles. The van der Waals surface area contributed by atoms with Crippen LogP contribution < -0.4 is 0 Å². The van der Waals surface area contributed by atoms with Crippen LogP contribution in [0.1, 0.15) is 65.2 Å². The first-order chi connectivity index (χ1) is 14.9. The lowest BCUT2D eigenvalue weighted by Gasteiger charge is -2.57. The Hall–Kier alpha value is -1.66. The Labute approximate surface area is 185 Å². The first-order valence-electron chi connectivity index (χ1n) is 12.1. The highest BCUT2D eigenvalue weighted by Gasteiger charge is 2.60. The molecule has 5 rings (SSSR count). The van der Waals surface area contributed by atoms with Crippen LogP contribution >= 0.6 is 0 Å². The molecule has 6 heteroatoms. The van der Waals surface area contributed by atoms with Crippen LogP contribution in [0.15, 0.2) is 35.5 Å². The van der Waals surface area contributed by atoms with E-state index in [4.69, 9.17) is 9.99 Å². The predicted molar refractivity (Wildman–Crippen MR) is 119 cm³/mol. The lowest BCUT2D eigenvalue weighted by atomic mass is 9.47. The van der Waals surface area contributed by atoms with Crippen LogP contribution in [0.3, 0.4) is 0 Å². The summed E-state index contributed by atoms with van der Waals surface area (Å²) in [6.45, 7) is 6.16. The second kappa shape index (κ2) is 8.04. The lowest BCUT2D eigenvalue weighted by Crippen LogP contribution is -2.54. The molecule has 0 radical (unpaired) electrons. The molecule has 4 aliphatic carbocycles. The van der Waals surface area contributed by atoms with Crippen LogP contribution in [0.5, 0.6) is 0 Å². The van der Waals surface area contributed by atoms with Crippen LogP contribution in [0.25, 0.3) is 0 Å². The minimum Gasteiger partial charge on any atom is -0.396 e. The highest BCUT2D eigenvalue weighted by molar-refractivity contribution is 5.99. The number of oxime groups is 1. The number of aryl methyl sites for hydroxylation is 1. The van der Waals surface area contributed by atoms with Gasteiger partial charge in [0, 0.05) is 31.3 Å². The Morgan fingerprint density at radius 2 is 2.03 bits per heavy atom. The van der Waals surface area contributed by atoms with E-state index < -0.39 is 0 Å². The summed E-state index contributed by atoms with van der Waals surface area (Å²) in [6, 6.07) is 0. The summed E-state index contributed by atoms with van der Waals surface area (Å²) in [4.78, 5) is 9.93. The summed E-state index contributed by atoms with van der Waals surface area (Å²) in [5.74, 6) is 1.32. The third-order valence-corrected chi connectivity index (χ3v) is 9.27. The zero-order valence-electron chi connectivity index (χ0n) is 18.9. The number of aliphatic hydroxyl groups is 2. The van der Waals surface area contributed by atoms with E-state index in [9.17, 15) is 10.2 Å². The van der Waals surface area contributed by atoms with Gasteiger partial charge in [-0.2, -0.15) is 0 Å². The number of fused-ring (bicyclic) bond motifs is 5. The van der Waals surface area contributed by atoms with E-state index in [-0.39, 0.29) is 23.0 Å². The van der Waals surface area contributed by atoms with Crippen molar-refractivity contribution >= 4 is 5.71 Å². The number of imidazole rings is 1. The largest absolute Gasteiger partial charge is 0.396 e. The molecule has 2 unspecified atom stereocenters. The van der Waals surface area contributed by atoms with E-state index >= 15 is 0 Å². The van der Waals surface area contributed by atoms with Gasteiger partial charge in [-0.1, -0.05) is 24.6 Å². The fourth-order valence-electron chi connectivity index (χ4n) is 7.32. The Kier molecular flexibility index (Phi) is 5.50. The van der Waals surface area contributed by atoms with Gasteiger partial charge in [0.2, 0.25) is 0 Å². The van der Waals surface area contributed by atoms with Crippen molar-refractivity contribution < 1.29 is 15.1 Å². The van der Waals surface area contributed by atoms with Crippen LogP contribution in [-0.2, 0) is 11.4 Å². The topological polar surface area (TPSA) is 79.9 Å². The molecule has 170 valence electrons. The summed E-state index contributed by atoms with van der Waals surface area (Å²) in [5.41, 5.74) is 2.54. The number of allylic oxidation sites excluding steroid dienone is 1. The summed E-state index contributed by atoms with van der Waals surface area (Å²) < 4.78 is 2.05. The molecule has 0 bridgehead atoms. The van der Waals surface area contributed by atoms with Gasteiger partial charge in [0.1, 0.15) is 6.61 Å². The molecule has 1 aromatic heterocycles. The van der Waals surface area contributed by atoms with Crippen LogP contribution in [0, 0.1) is 28.6 Å². The van der Waals surface area contributed by atoms with E-state index in [2.05, 4.69) is 29.5 Å². The maximum Gasteiger partial charge on any atom is 0.118 e. The van der Waals surface area contributed by atoms with E-state index in [0.717, 1.165) is 63.6 Å². The van der Waals surface area contributed by atoms with Crippen molar-refractivity contribution in [3.05, 3.63) is 30.4 Å². The smallest absolute Gasteiger partial charge is 0.118 e. The predicted octanol–water partition coefficient (Wildman–Crippen LogP) is 3.94. The molecular weight excluding hydrogens is 390 g/mol. The first kappa shape index (κ1) is 21.2. The molecule has 1 aromatic rings. The fourth-order valence-corrected chi connectivity index (χ4v) is 7.32. The zero-order chi connectivity index (χ0) is 21.6. The van der Waals surface area contributed by atoms with Crippen molar-refractivity contribution in [2.45, 2.75) is 84.0 Å². The Balaban J connectivity index is 1.40. The van der Waals surface area contributed by atoms with Gasteiger partial charge < -0.3 is 19.6 Å². The van der Waals surface area contributed by atoms with Crippen molar-refractivity contribution in [1.29, 1.82) is 0 Å². The molecule has 31 heavy (non-hydrogen) atoms. The number of rotatable bonds is 5. The third kappa shape index (κ3) is 3.56. The summed E-state index contributed by atoms with van der Waals surface area (Å²) >= 11 is 0. The molecule has 7 atom stereocenters. The van der Waals surface area contributed by atoms with Crippen molar-refractivity contribution in [3.63, 3.8) is 0 Å². The molecule has 3 fully saturated rings. The molecular formula is C25H37N3O3. The van der Waals surface area contributed by atoms with Crippen molar-refractivity contribution in [3.8, 4) is 0 Å². The Bertz CT molecular complexity index is 850. The minimum atomic E-state index is -0.240. The highest BCUT2D eigenvalue weighted by atomic mass is 16.6. The van der Waals surface area contributed by atoms with Gasteiger partial charge in [0.15, 0.2) is 0 Å². The molecule has 2 N–H and O–H groups in total. The maximum absolute atomic E-state index is 10.8. The molecule has 1 heterocycles. The third-order valence-electron chi connectivity index (χ3n) is 9.27. The maximum atomic E-state index is 10.8. The second-order valence-corrected chi connectivity index (χ2v) is 10.9. The summed E-state index contributed by atoms with van der Waals surface area (Å²) in [7, 11) is 0. The Morgan fingerprint density at radius 3 is 2.84 bits per heavy atom. The quantitative estimate of drug-likeness (QED) is 0.551. The van der Waals surface area contributed by atoms with Crippen molar-refractivity contribution in [2.24, 2.45) is 33.7 Å². The number of aromatic nitrogens is 2. The Morgan fingerprint density at radius 1 is 1.16 bits per heavy atom. The van der Waals surface area contributed by atoms with Crippen molar-refractivity contribution in [2.75, 3.05) is 6.61 Å². The number of aliphatic hydroxyl groups excluding tert-OH is 2. The van der Waals surface area contributed by atoms with E-state index in [1.165, 1.54) is 5.57 Å². The summed E-state index contributed by atoms with van der Waals surface area (Å²) in [6.07, 6.45) is 15.1. The number of hydrogen-bond donors (Lipinski definition) is 2. The monoisotopic (exact) mass is 427 g/mol. The van der Waals surface area contributed by atoms with E-state index in [1.54, 1.807) is 6.20 Å². The number of hydrogen-bond acceptors (Lipinski definition) is 5. The van der Waals surface area contributed by atoms with Crippen molar-refractivity contribution in [1.82, 2.24) is 9.55 Å². The van der Waals surface area contributed by atoms with E-state index in [0.29, 0.717) is 24.4 Å². The molecule has 0 spiro atoms. The van der Waals surface area contributed by atoms with Gasteiger partial charge >= 0.3 is 0 Å². The van der Waals surface area contributed by atoms with E-state index in [1.807, 2.05) is 12.5 Å². The van der Waals surface area contributed by atoms with Gasteiger partial charge in [0.25, 0.3) is 0 Å². The average molecular weight is 428 g/mol. The zero-order valence-corrected chi connectivity index (χ0v) is 18.9. The fraction of sp³-hybridized carbons (Fsp3) is 0.760. The molecule has 3 saturated carbocycles. The SMILES string of the molecule is C[C@]12CCC(O)CC1=CC(=NOCCCn1ccnc1)[C@@H]1[C@H]2CC[C@]2(C)C(O)CC[C@@H]12. The van der Waals surface area contributed by atoms with Crippen LogP contribution in [0.4, 0.5) is 0 Å². The lowest BCUT2D eigenvalue weighted by molar-refractivity contribution is -0.0495. The highest BCUT2D eigenvalue weighted by Crippen LogP contribution is 2.64. The molecule has 6 nitrogen and oxygen atoms in total. The van der Waals surface area contributed by atoms with Gasteiger partial charge in [0.05, 0.1) is 24.2 Å². The molecule has 4 aliphatic rings. The van der Waals surface area contributed by atoms with Gasteiger partial charge in [-0.25, -0.2) is 4.98 Å². The van der Waals surface area contributed by atoms with Crippen LogP contribution in [-0.4, -0.2) is 44.3 Å². The second-order valence-electron chi connectivity index (χ2n) is 10.9. The average Bonchev–Trinajstić information content (AvgIpc) is 3.37. The summed E-state index contributed by atoms with van der Waals surface area (Å²) in [5, 5.41) is 25.9.